The highest BCUT2D eigenvalue weighted by molar-refractivity contribution is 8.00. The van der Waals surface area contributed by atoms with E-state index in [2.05, 4.69) is 12.1 Å². The maximum absolute atomic E-state index is 12.8. The first-order chi connectivity index (χ1) is 10.3. The van der Waals surface area contributed by atoms with E-state index in [-0.39, 0.29) is 0 Å². The van der Waals surface area contributed by atoms with Crippen LogP contribution in [0.4, 0.5) is 0 Å². The lowest BCUT2D eigenvalue weighted by molar-refractivity contribution is 0.593. The minimum atomic E-state index is -1.15. The normalized spacial score (nSPS) is 12.0. The van der Waals surface area contributed by atoms with Gasteiger partial charge < -0.3 is 4.55 Å². The van der Waals surface area contributed by atoms with Gasteiger partial charge in [-0.05, 0) is 36.4 Å². The van der Waals surface area contributed by atoms with Crippen LogP contribution in [0.3, 0.4) is 0 Å². The maximum atomic E-state index is 12.8. The molecule has 21 heavy (non-hydrogen) atoms. The summed E-state index contributed by atoms with van der Waals surface area (Å²) < 4.78 is 12.8. The molecule has 1 unspecified atom stereocenters. The lowest BCUT2D eigenvalue weighted by Gasteiger charge is -2.13. The van der Waals surface area contributed by atoms with Crippen molar-refractivity contribution in [2.75, 3.05) is 0 Å². The predicted molar refractivity (Wildman–Crippen MR) is 88.1 cm³/mol. The van der Waals surface area contributed by atoms with E-state index in [9.17, 15) is 4.55 Å². The van der Waals surface area contributed by atoms with E-state index in [1.807, 2.05) is 72.8 Å². The first-order valence-electron chi connectivity index (χ1n) is 6.63. The highest BCUT2D eigenvalue weighted by Crippen LogP contribution is 2.34. The van der Waals surface area contributed by atoms with Gasteiger partial charge in [0.25, 0.3) is 0 Å². The van der Waals surface area contributed by atoms with Gasteiger partial charge in [0.05, 0.1) is 4.90 Å². The average Bonchev–Trinajstić information content (AvgIpc) is 2.56. The third-order valence-corrected chi connectivity index (χ3v) is 5.65. The Morgan fingerprint density at radius 3 is 1.95 bits per heavy atom. The summed E-state index contributed by atoms with van der Waals surface area (Å²) in [5, 5.41) is 0. The number of hydrogen-bond acceptors (Lipinski definition) is 2. The van der Waals surface area contributed by atoms with Crippen LogP contribution in [0.15, 0.2) is 105 Å². The Morgan fingerprint density at radius 1 is 0.667 bits per heavy atom. The number of hydrogen-bond donors (Lipinski definition) is 0. The monoisotopic (exact) mass is 310 g/mol. The van der Waals surface area contributed by atoms with Crippen molar-refractivity contribution < 1.29 is 4.55 Å². The second kappa shape index (κ2) is 6.85. The Labute approximate surface area is 132 Å². The molecule has 0 aliphatic carbocycles. The lowest BCUT2D eigenvalue weighted by Crippen LogP contribution is -2.03. The molecule has 0 aliphatic rings. The molecule has 0 saturated heterocycles. The molecule has 0 N–H and O–H groups in total. The predicted octanol–water partition coefficient (Wildman–Crippen LogP) is 5.00. The Balaban J connectivity index is 1.93. The highest BCUT2D eigenvalue weighted by Gasteiger charge is 2.19. The van der Waals surface area contributed by atoms with Crippen LogP contribution in [-0.2, 0) is 11.2 Å². The van der Waals surface area contributed by atoms with Crippen LogP contribution < -0.4 is 0 Å². The molecule has 3 rings (SSSR count). The third kappa shape index (κ3) is 3.50. The van der Waals surface area contributed by atoms with Gasteiger partial charge in [0.1, 0.15) is 0 Å². The summed E-state index contributed by atoms with van der Waals surface area (Å²) >= 11 is 0.491. The Hall–Kier alpha value is -1.68. The maximum Gasteiger partial charge on any atom is 0.172 e. The van der Waals surface area contributed by atoms with E-state index in [4.69, 9.17) is 0 Å². The molecule has 1 nitrogen and oxygen atoms in total. The minimum Gasteiger partial charge on any atom is -0.606 e. The van der Waals surface area contributed by atoms with Crippen molar-refractivity contribution in [1.82, 2.24) is 0 Å². The van der Waals surface area contributed by atoms with Crippen LogP contribution in [0.25, 0.3) is 0 Å². The largest absolute Gasteiger partial charge is 0.606 e. The quantitative estimate of drug-likeness (QED) is 0.633. The fraction of sp³-hybridized carbons (Fsp3) is 0. The molecule has 0 radical (unpaired) electrons. The molecule has 0 saturated carbocycles. The number of benzene rings is 3. The van der Waals surface area contributed by atoms with Gasteiger partial charge >= 0.3 is 0 Å². The summed E-state index contributed by atoms with van der Waals surface area (Å²) in [4.78, 5) is 3.87. The zero-order valence-corrected chi connectivity index (χ0v) is 12.9. The van der Waals surface area contributed by atoms with Gasteiger partial charge in [-0.15, -0.1) is 0 Å². The second-order valence-corrected chi connectivity index (χ2v) is 7.01. The molecule has 0 amide bonds. The van der Waals surface area contributed by atoms with Crippen molar-refractivity contribution in [2.45, 2.75) is 19.6 Å². The van der Waals surface area contributed by atoms with Crippen LogP contribution >= 0.6 is 11.8 Å². The Bertz CT molecular complexity index is 699. The van der Waals surface area contributed by atoms with Crippen molar-refractivity contribution >= 4 is 22.9 Å². The Kier molecular flexibility index (Phi) is 4.65. The molecule has 0 bridgehead atoms. The van der Waals surface area contributed by atoms with Gasteiger partial charge in [0.15, 0.2) is 9.79 Å². The molecule has 3 heteroatoms. The number of rotatable bonds is 4. The van der Waals surface area contributed by atoms with Crippen LogP contribution in [0.5, 0.6) is 0 Å². The van der Waals surface area contributed by atoms with E-state index >= 15 is 0 Å². The van der Waals surface area contributed by atoms with Gasteiger partial charge in [-0.25, -0.2) is 0 Å². The molecule has 0 spiro atoms. The van der Waals surface area contributed by atoms with E-state index in [1.54, 1.807) is 11.8 Å². The average molecular weight is 310 g/mol. The summed E-state index contributed by atoms with van der Waals surface area (Å²) in [6, 6.07) is 27.6. The van der Waals surface area contributed by atoms with E-state index in [0.717, 1.165) is 19.6 Å². The van der Waals surface area contributed by atoms with Gasteiger partial charge in [-0.1, -0.05) is 60.3 Å². The lowest BCUT2D eigenvalue weighted by atomic mass is 10.4. The molecule has 104 valence electrons. The van der Waals surface area contributed by atoms with Crippen molar-refractivity contribution in [1.29, 1.82) is 0 Å². The van der Waals surface area contributed by atoms with Crippen molar-refractivity contribution in [3.63, 3.8) is 0 Å². The van der Waals surface area contributed by atoms with Crippen molar-refractivity contribution in [3.8, 4) is 0 Å². The van der Waals surface area contributed by atoms with Crippen molar-refractivity contribution in [2.24, 2.45) is 0 Å². The summed E-state index contributed by atoms with van der Waals surface area (Å²) in [7, 11) is 0. The summed E-state index contributed by atoms with van der Waals surface area (Å²) in [6.45, 7) is 0. The SMILES string of the molecule is [O-][S+](c1ccccc1)c1ccccc1Sc1ccccc1. The fourth-order valence-corrected chi connectivity index (χ4v) is 4.30. The summed E-state index contributed by atoms with van der Waals surface area (Å²) in [6.07, 6.45) is 0. The molecular formula is C18H14OS2. The molecule has 3 aromatic carbocycles. The molecule has 1 atom stereocenters. The van der Waals surface area contributed by atoms with E-state index in [1.165, 1.54) is 0 Å². The van der Waals surface area contributed by atoms with Crippen molar-refractivity contribution in [3.05, 3.63) is 84.9 Å². The fourth-order valence-electron chi connectivity index (χ4n) is 1.97. The van der Waals surface area contributed by atoms with E-state index in [0.29, 0.717) is 0 Å². The summed E-state index contributed by atoms with van der Waals surface area (Å²) in [5.41, 5.74) is 0. The summed E-state index contributed by atoms with van der Waals surface area (Å²) in [5.74, 6) is 0. The highest BCUT2D eigenvalue weighted by atomic mass is 32.2. The topological polar surface area (TPSA) is 23.1 Å². The van der Waals surface area contributed by atoms with Crippen LogP contribution in [0.2, 0.25) is 0 Å². The smallest absolute Gasteiger partial charge is 0.172 e. The van der Waals surface area contributed by atoms with Gasteiger partial charge in [0.2, 0.25) is 0 Å². The van der Waals surface area contributed by atoms with Crippen LogP contribution in [-0.4, -0.2) is 4.55 Å². The minimum absolute atomic E-state index is 0.832. The van der Waals surface area contributed by atoms with Gasteiger partial charge in [-0.2, -0.15) is 0 Å². The molecular weight excluding hydrogens is 296 g/mol. The molecule has 0 aliphatic heterocycles. The van der Waals surface area contributed by atoms with Gasteiger partial charge in [0, 0.05) is 16.1 Å². The second-order valence-electron chi connectivity index (χ2n) is 4.44. The molecule has 0 fully saturated rings. The first-order valence-corrected chi connectivity index (χ1v) is 8.60. The third-order valence-electron chi connectivity index (χ3n) is 2.98. The Morgan fingerprint density at radius 2 is 1.24 bits per heavy atom. The molecule has 0 heterocycles. The van der Waals surface area contributed by atoms with Crippen LogP contribution in [0.1, 0.15) is 0 Å². The zero-order valence-electron chi connectivity index (χ0n) is 11.3. The molecule has 3 aromatic rings. The van der Waals surface area contributed by atoms with Crippen LogP contribution in [0, 0.1) is 0 Å². The molecule has 0 aromatic heterocycles. The van der Waals surface area contributed by atoms with Gasteiger partial charge in [-0.3, -0.25) is 0 Å². The standard InChI is InChI=1S/C18H14OS2/c19-21(16-11-5-2-6-12-16)18-14-8-7-13-17(18)20-15-9-3-1-4-10-15/h1-14H. The van der Waals surface area contributed by atoms with E-state index < -0.39 is 11.2 Å². The first kappa shape index (κ1) is 14.3. The zero-order chi connectivity index (χ0) is 14.5.